The van der Waals surface area contributed by atoms with Gasteiger partial charge in [-0.25, -0.2) is 4.39 Å². The highest BCUT2D eigenvalue weighted by molar-refractivity contribution is 9.10. The molecule has 2 nitrogen and oxygen atoms in total. The number of amides is 1. The van der Waals surface area contributed by atoms with Crippen molar-refractivity contribution in [2.24, 2.45) is 5.92 Å². The fourth-order valence-corrected chi connectivity index (χ4v) is 2.98. The first kappa shape index (κ1) is 14.5. The van der Waals surface area contributed by atoms with Crippen molar-refractivity contribution < 1.29 is 9.18 Å². The van der Waals surface area contributed by atoms with Gasteiger partial charge in [-0.3, -0.25) is 4.79 Å². The van der Waals surface area contributed by atoms with E-state index < -0.39 is 0 Å². The van der Waals surface area contributed by atoms with Crippen molar-refractivity contribution in [3.8, 4) is 0 Å². The number of hydrogen-bond donors (Lipinski definition) is 1. The van der Waals surface area contributed by atoms with E-state index in [1.165, 1.54) is 25.3 Å². The fraction of sp³-hybridized carbons (Fsp3) is 0.533. The summed E-state index contributed by atoms with van der Waals surface area (Å²) >= 11 is 3.14. The quantitative estimate of drug-likeness (QED) is 0.848. The van der Waals surface area contributed by atoms with Crippen LogP contribution in [-0.2, 0) is 4.79 Å². The van der Waals surface area contributed by atoms with Gasteiger partial charge in [0.1, 0.15) is 5.82 Å². The van der Waals surface area contributed by atoms with Crippen LogP contribution in [0.25, 0.3) is 0 Å². The molecular weight excluding hydrogens is 309 g/mol. The lowest BCUT2D eigenvalue weighted by Crippen LogP contribution is -2.18. The maximum Gasteiger partial charge on any atom is 0.224 e. The third-order valence-electron chi connectivity index (χ3n) is 3.74. The van der Waals surface area contributed by atoms with Crippen molar-refractivity contribution in [3.05, 3.63) is 28.0 Å². The van der Waals surface area contributed by atoms with Gasteiger partial charge in [0.25, 0.3) is 0 Å². The molecule has 1 aliphatic carbocycles. The molecule has 1 N–H and O–H groups in total. The predicted molar refractivity (Wildman–Crippen MR) is 78.7 cm³/mol. The largest absolute Gasteiger partial charge is 0.326 e. The van der Waals surface area contributed by atoms with Crippen molar-refractivity contribution >= 4 is 27.5 Å². The van der Waals surface area contributed by atoms with E-state index in [0.717, 1.165) is 18.4 Å². The molecule has 4 heteroatoms. The summed E-state index contributed by atoms with van der Waals surface area (Å²) in [6.07, 6.45) is 6.65. The smallest absolute Gasteiger partial charge is 0.224 e. The van der Waals surface area contributed by atoms with Crippen LogP contribution in [0.15, 0.2) is 16.6 Å². The zero-order valence-corrected chi connectivity index (χ0v) is 12.7. The number of hydrogen-bond acceptors (Lipinski definition) is 1. The first-order valence-corrected chi connectivity index (χ1v) is 7.61. The number of aryl methyl sites for hydroxylation is 1. The van der Waals surface area contributed by atoms with E-state index >= 15 is 0 Å². The van der Waals surface area contributed by atoms with Crippen molar-refractivity contribution in [1.29, 1.82) is 0 Å². The number of benzene rings is 1. The van der Waals surface area contributed by atoms with Crippen LogP contribution in [0.5, 0.6) is 0 Å². The number of anilines is 1. The van der Waals surface area contributed by atoms with E-state index in [9.17, 15) is 9.18 Å². The third kappa shape index (κ3) is 4.03. The minimum atomic E-state index is -0.303. The molecule has 1 fully saturated rings. The standard InChI is InChI=1S/C15H19BrFNO/c1-10-7-13(17)12(16)9-14(10)18-15(19)8-11-5-3-2-4-6-11/h7,9,11H,2-6,8H2,1H3,(H,18,19). The van der Waals surface area contributed by atoms with Gasteiger partial charge in [-0.2, -0.15) is 0 Å². The lowest BCUT2D eigenvalue weighted by molar-refractivity contribution is -0.117. The molecule has 1 aromatic carbocycles. The molecule has 0 bridgehead atoms. The second-order valence-electron chi connectivity index (χ2n) is 5.34. The maximum absolute atomic E-state index is 13.3. The van der Waals surface area contributed by atoms with Crippen molar-refractivity contribution in [2.45, 2.75) is 45.4 Å². The Labute approximate surface area is 121 Å². The van der Waals surface area contributed by atoms with E-state index in [1.54, 1.807) is 13.0 Å². The predicted octanol–water partition coefficient (Wildman–Crippen LogP) is 4.81. The van der Waals surface area contributed by atoms with E-state index in [2.05, 4.69) is 21.2 Å². The Hall–Kier alpha value is -0.900. The highest BCUT2D eigenvalue weighted by atomic mass is 79.9. The zero-order chi connectivity index (χ0) is 13.8. The van der Waals surface area contributed by atoms with Crippen LogP contribution in [0.1, 0.15) is 44.1 Å². The SMILES string of the molecule is Cc1cc(F)c(Br)cc1NC(=O)CC1CCCCC1. The van der Waals surface area contributed by atoms with Crippen molar-refractivity contribution in [1.82, 2.24) is 0 Å². The van der Waals surface area contributed by atoms with Crippen LogP contribution in [0.3, 0.4) is 0 Å². The lowest BCUT2D eigenvalue weighted by atomic mass is 9.87. The van der Waals surface area contributed by atoms with E-state index in [0.29, 0.717) is 22.5 Å². The Morgan fingerprint density at radius 3 is 2.74 bits per heavy atom. The molecule has 0 aliphatic heterocycles. The molecule has 19 heavy (non-hydrogen) atoms. The molecule has 2 rings (SSSR count). The molecule has 0 heterocycles. The second kappa shape index (κ2) is 6.51. The van der Waals surface area contributed by atoms with Gasteiger partial charge >= 0.3 is 0 Å². The summed E-state index contributed by atoms with van der Waals surface area (Å²) in [5.41, 5.74) is 1.44. The summed E-state index contributed by atoms with van der Waals surface area (Å²) in [7, 11) is 0. The van der Waals surface area contributed by atoms with Gasteiger partial charge in [-0.05, 0) is 59.3 Å². The molecule has 1 aliphatic rings. The molecule has 0 unspecified atom stereocenters. The zero-order valence-electron chi connectivity index (χ0n) is 11.1. The van der Waals surface area contributed by atoms with Crippen molar-refractivity contribution in [2.75, 3.05) is 5.32 Å². The first-order chi connectivity index (χ1) is 9.06. The monoisotopic (exact) mass is 327 g/mol. The fourth-order valence-electron chi connectivity index (χ4n) is 2.64. The Bertz CT molecular complexity index is 469. The molecule has 1 saturated carbocycles. The van der Waals surface area contributed by atoms with E-state index in [1.807, 2.05) is 0 Å². The number of carbonyl (C=O) groups excluding carboxylic acids is 1. The summed E-state index contributed by atoms with van der Waals surface area (Å²) in [5, 5.41) is 2.89. The van der Waals surface area contributed by atoms with Crippen LogP contribution >= 0.6 is 15.9 Å². The van der Waals surface area contributed by atoms with E-state index in [4.69, 9.17) is 0 Å². The Kier molecular flexibility index (Phi) is 4.97. The van der Waals surface area contributed by atoms with Gasteiger partial charge in [0.2, 0.25) is 5.91 Å². The highest BCUT2D eigenvalue weighted by Crippen LogP contribution is 2.28. The molecular formula is C15H19BrFNO. The number of carbonyl (C=O) groups is 1. The van der Waals surface area contributed by atoms with E-state index in [-0.39, 0.29) is 11.7 Å². The Balaban J connectivity index is 1.96. The summed E-state index contributed by atoms with van der Waals surface area (Å²) in [5.74, 6) is 0.245. The minimum absolute atomic E-state index is 0.0357. The van der Waals surface area contributed by atoms with Crippen LogP contribution in [0.4, 0.5) is 10.1 Å². The third-order valence-corrected chi connectivity index (χ3v) is 4.35. The average Bonchev–Trinajstić information content (AvgIpc) is 2.37. The molecule has 0 radical (unpaired) electrons. The average molecular weight is 328 g/mol. The number of nitrogens with one attached hydrogen (secondary N) is 1. The maximum atomic E-state index is 13.3. The first-order valence-electron chi connectivity index (χ1n) is 6.82. The number of halogens is 2. The number of rotatable bonds is 3. The normalized spacial score (nSPS) is 16.4. The summed E-state index contributed by atoms with van der Waals surface area (Å²) in [6.45, 7) is 1.80. The molecule has 1 aromatic rings. The summed E-state index contributed by atoms with van der Waals surface area (Å²) in [4.78, 5) is 12.0. The minimum Gasteiger partial charge on any atom is -0.326 e. The van der Waals surface area contributed by atoms with Crippen LogP contribution in [-0.4, -0.2) is 5.91 Å². The lowest BCUT2D eigenvalue weighted by Gasteiger charge is -2.21. The summed E-state index contributed by atoms with van der Waals surface area (Å²) in [6, 6.07) is 3.06. The van der Waals surface area contributed by atoms with Crippen LogP contribution < -0.4 is 5.32 Å². The molecule has 1 amide bonds. The summed E-state index contributed by atoms with van der Waals surface area (Å²) < 4.78 is 13.7. The van der Waals surface area contributed by atoms with Gasteiger partial charge < -0.3 is 5.32 Å². The van der Waals surface area contributed by atoms with Crippen molar-refractivity contribution in [3.63, 3.8) is 0 Å². The topological polar surface area (TPSA) is 29.1 Å². The van der Waals surface area contributed by atoms with Gasteiger partial charge in [-0.15, -0.1) is 0 Å². The van der Waals surface area contributed by atoms with Crippen LogP contribution in [0.2, 0.25) is 0 Å². The molecule has 0 saturated heterocycles. The van der Waals surface area contributed by atoms with Gasteiger partial charge in [0.15, 0.2) is 0 Å². The highest BCUT2D eigenvalue weighted by Gasteiger charge is 2.17. The van der Waals surface area contributed by atoms with Gasteiger partial charge in [0.05, 0.1) is 4.47 Å². The van der Waals surface area contributed by atoms with Gasteiger partial charge in [-0.1, -0.05) is 19.3 Å². The Morgan fingerprint density at radius 2 is 2.05 bits per heavy atom. The molecule has 0 atom stereocenters. The molecule has 0 aromatic heterocycles. The van der Waals surface area contributed by atoms with Gasteiger partial charge in [0, 0.05) is 12.1 Å². The van der Waals surface area contributed by atoms with Crippen LogP contribution in [0, 0.1) is 18.7 Å². The molecule has 0 spiro atoms. The second-order valence-corrected chi connectivity index (χ2v) is 6.19. The molecule has 104 valence electrons. The Morgan fingerprint density at radius 1 is 1.37 bits per heavy atom.